The molecule has 5 nitrogen and oxygen atoms in total. The maximum absolute atomic E-state index is 4.46. The van der Waals surface area contributed by atoms with Gasteiger partial charge in [-0.3, -0.25) is 4.90 Å². The monoisotopic (exact) mass is 301 g/mol. The summed E-state index contributed by atoms with van der Waals surface area (Å²) in [6.07, 6.45) is 5.71. The average molecular weight is 301 g/mol. The lowest BCUT2D eigenvalue weighted by Crippen LogP contribution is -2.29. The smallest absolute Gasteiger partial charge is 0.225 e. The van der Waals surface area contributed by atoms with Gasteiger partial charge in [-0.15, -0.1) is 11.3 Å². The van der Waals surface area contributed by atoms with E-state index in [2.05, 4.69) is 30.1 Å². The first-order chi connectivity index (χ1) is 10.3. The van der Waals surface area contributed by atoms with Gasteiger partial charge in [-0.25, -0.2) is 15.0 Å². The van der Waals surface area contributed by atoms with Crippen molar-refractivity contribution in [3.63, 3.8) is 0 Å². The molecule has 2 aromatic heterocycles. The van der Waals surface area contributed by atoms with Crippen molar-refractivity contribution in [1.29, 1.82) is 0 Å². The molecule has 0 N–H and O–H groups in total. The number of anilines is 1. The number of hydrogen-bond donors (Lipinski definition) is 0. The molecule has 0 spiro atoms. The zero-order valence-corrected chi connectivity index (χ0v) is 13.0. The van der Waals surface area contributed by atoms with Gasteiger partial charge in [-0.1, -0.05) is 0 Å². The van der Waals surface area contributed by atoms with Crippen LogP contribution in [-0.4, -0.2) is 46.0 Å². The Balaban J connectivity index is 1.38. The summed E-state index contributed by atoms with van der Waals surface area (Å²) >= 11 is 1.75. The van der Waals surface area contributed by atoms with Crippen LogP contribution < -0.4 is 4.90 Å². The van der Waals surface area contributed by atoms with Gasteiger partial charge in [-0.2, -0.15) is 0 Å². The largest absolute Gasteiger partial charge is 0.340 e. The van der Waals surface area contributed by atoms with Gasteiger partial charge < -0.3 is 4.90 Å². The summed E-state index contributed by atoms with van der Waals surface area (Å²) in [5, 5.41) is 3.29. The van der Waals surface area contributed by atoms with Crippen LogP contribution in [0.25, 0.3) is 0 Å². The molecule has 2 aliphatic heterocycles. The minimum atomic E-state index is 0.745. The topological polar surface area (TPSA) is 45.2 Å². The fourth-order valence-corrected chi connectivity index (χ4v) is 4.11. The summed E-state index contributed by atoms with van der Waals surface area (Å²) in [6, 6.07) is 0. The molecule has 0 bridgehead atoms. The third-order valence-corrected chi connectivity index (χ3v) is 5.22. The number of hydrogen-bond acceptors (Lipinski definition) is 6. The van der Waals surface area contributed by atoms with Gasteiger partial charge >= 0.3 is 0 Å². The molecule has 0 saturated carbocycles. The second-order valence-electron chi connectivity index (χ2n) is 6.11. The van der Waals surface area contributed by atoms with Crippen molar-refractivity contribution < 1.29 is 0 Å². The molecule has 2 fully saturated rings. The van der Waals surface area contributed by atoms with Gasteiger partial charge in [-0.05, 0) is 24.3 Å². The summed E-state index contributed by atoms with van der Waals surface area (Å²) < 4.78 is 0. The molecule has 2 atom stereocenters. The van der Waals surface area contributed by atoms with Crippen molar-refractivity contribution in [3.05, 3.63) is 34.5 Å². The summed E-state index contributed by atoms with van der Waals surface area (Å²) in [4.78, 5) is 18.2. The van der Waals surface area contributed by atoms with Crippen LogP contribution in [0.4, 0.5) is 5.95 Å². The molecule has 0 amide bonds. The van der Waals surface area contributed by atoms with E-state index in [-0.39, 0.29) is 0 Å². The Morgan fingerprint density at radius 1 is 1.10 bits per heavy atom. The van der Waals surface area contributed by atoms with E-state index in [1.165, 1.54) is 18.1 Å². The summed E-state index contributed by atoms with van der Waals surface area (Å²) in [5.74, 6) is 2.38. The lowest BCUT2D eigenvalue weighted by Gasteiger charge is -2.20. The van der Waals surface area contributed by atoms with Crippen molar-refractivity contribution in [3.8, 4) is 0 Å². The van der Waals surface area contributed by atoms with Gasteiger partial charge in [0.25, 0.3) is 0 Å². The molecule has 4 rings (SSSR count). The predicted molar refractivity (Wildman–Crippen MR) is 83.4 cm³/mol. The van der Waals surface area contributed by atoms with Crippen molar-refractivity contribution >= 4 is 17.3 Å². The molecule has 2 aromatic rings. The molecule has 0 unspecified atom stereocenters. The first kappa shape index (κ1) is 13.2. The lowest BCUT2D eigenvalue weighted by molar-refractivity contribution is 0.308. The maximum atomic E-state index is 4.46. The fraction of sp³-hybridized carbons (Fsp3) is 0.533. The zero-order valence-electron chi connectivity index (χ0n) is 12.1. The van der Waals surface area contributed by atoms with E-state index >= 15 is 0 Å². The van der Waals surface area contributed by atoms with E-state index in [0.29, 0.717) is 0 Å². The normalized spacial score (nSPS) is 25.5. The van der Waals surface area contributed by atoms with Crippen molar-refractivity contribution in [2.45, 2.75) is 13.5 Å². The van der Waals surface area contributed by atoms with Gasteiger partial charge in [0.05, 0.1) is 6.54 Å². The van der Waals surface area contributed by atoms with Crippen LogP contribution in [0.1, 0.15) is 10.6 Å². The standard InChI is InChI=1S/C15H19N5S/c1-11-4-17-15(18-5-11)20-8-12-6-19(7-13(12)9-20)10-14-16-2-3-21-14/h2-5,12-13H,6-10H2,1H3/t12-,13+. The number of aryl methyl sites for hydroxylation is 1. The Bertz CT molecular complexity index is 583. The van der Waals surface area contributed by atoms with Crippen LogP contribution >= 0.6 is 11.3 Å². The van der Waals surface area contributed by atoms with Crippen LogP contribution in [0.3, 0.4) is 0 Å². The number of rotatable bonds is 3. The van der Waals surface area contributed by atoms with Crippen LogP contribution in [0, 0.1) is 18.8 Å². The van der Waals surface area contributed by atoms with Gasteiger partial charge in [0.15, 0.2) is 0 Å². The summed E-state index contributed by atoms with van der Waals surface area (Å²) in [7, 11) is 0. The predicted octanol–water partition coefficient (Wildman–Crippen LogP) is 1.81. The number of nitrogens with zero attached hydrogens (tertiary/aromatic N) is 5. The number of thiazole rings is 1. The zero-order chi connectivity index (χ0) is 14.2. The van der Waals surface area contributed by atoms with E-state index in [0.717, 1.165) is 43.0 Å². The molecule has 110 valence electrons. The van der Waals surface area contributed by atoms with Crippen LogP contribution in [0.5, 0.6) is 0 Å². The highest BCUT2D eigenvalue weighted by Gasteiger charge is 2.40. The average Bonchev–Trinajstić information content (AvgIpc) is 3.16. The summed E-state index contributed by atoms with van der Waals surface area (Å²) in [5.41, 5.74) is 1.12. The minimum absolute atomic E-state index is 0.745. The van der Waals surface area contributed by atoms with E-state index in [4.69, 9.17) is 0 Å². The molecule has 2 aliphatic rings. The second kappa shape index (κ2) is 5.35. The molecule has 21 heavy (non-hydrogen) atoms. The van der Waals surface area contributed by atoms with Crippen molar-refractivity contribution in [2.75, 3.05) is 31.1 Å². The Morgan fingerprint density at radius 3 is 2.43 bits per heavy atom. The third-order valence-electron chi connectivity index (χ3n) is 4.45. The van der Waals surface area contributed by atoms with Crippen molar-refractivity contribution in [2.24, 2.45) is 11.8 Å². The third kappa shape index (κ3) is 2.65. The van der Waals surface area contributed by atoms with Crippen LogP contribution in [0.2, 0.25) is 0 Å². The van der Waals surface area contributed by atoms with E-state index in [1.54, 1.807) is 11.3 Å². The molecule has 4 heterocycles. The SMILES string of the molecule is Cc1cnc(N2C[C@H]3CN(Cc4nccs4)C[C@H]3C2)nc1. The van der Waals surface area contributed by atoms with Crippen LogP contribution in [-0.2, 0) is 6.54 Å². The fourth-order valence-electron chi connectivity index (χ4n) is 3.45. The first-order valence-electron chi connectivity index (χ1n) is 7.42. The Hall–Kier alpha value is -1.53. The summed E-state index contributed by atoms with van der Waals surface area (Å²) in [6.45, 7) is 7.55. The number of fused-ring (bicyclic) bond motifs is 1. The molecule has 0 radical (unpaired) electrons. The Morgan fingerprint density at radius 2 is 1.81 bits per heavy atom. The lowest BCUT2D eigenvalue weighted by atomic mass is 10.0. The minimum Gasteiger partial charge on any atom is -0.340 e. The highest BCUT2D eigenvalue weighted by molar-refractivity contribution is 7.09. The van der Waals surface area contributed by atoms with Crippen LogP contribution in [0.15, 0.2) is 24.0 Å². The van der Waals surface area contributed by atoms with E-state index in [9.17, 15) is 0 Å². The van der Waals surface area contributed by atoms with E-state index < -0.39 is 0 Å². The highest BCUT2D eigenvalue weighted by Crippen LogP contribution is 2.33. The molecular weight excluding hydrogens is 282 g/mol. The first-order valence-corrected chi connectivity index (χ1v) is 8.30. The molecule has 6 heteroatoms. The van der Waals surface area contributed by atoms with Gasteiger partial charge in [0, 0.05) is 50.1 Å². The second-order valence-corrected chi connectivity index (χ2v) is 7.08. The van der Waals surface area contributed by atoms with E-state index in [1.807, 2.05) is 25.5 Å². The molecule has 0 aromatic carbocycles. The van der Waals surface area contributed by atoms with Gasteiger partial charge in [0.1, 0.15) is 5.01 Å². The maximum Gasteiger partial charge on any atom is 0.225 e. The molecule has 2 saturated heterocycles. The Labute approximate surface area is 128 Å². The molecular formula is C15H19N5S. The highest BCUT2D eigenvalue weighted by atomic mass is 32.1. The molecule has 0 aliphatic carbocycles. The Kier molecular flexibility index (Phi) is 3.35. The number of likely N-dealkylation sites (tertiary alicyclic amines) is 1. The van der Waals surface area contributed by atoms with Crippen molar-refractivity contribution in [1.82, 2.24) is 19.9 Å². The van der Waals surface area contributed by atoms with Gasteiger partial charge in [0.2, 0.25) is 5.95 Å². The quantitative estimate of drug-likeness (QED) is 0.865. The number of aromatic nitrogens is 3.